The van der Waals surface area contributed by atoms with Crippen LogP contribution in [0.2, 0.25) is 0 Å². The Labute approximate surface area is 335 Å². The molecule has 0 aliphatic carbocycles. The van der Waals surface area contributed by atoms with E-state index in [9.17, 15) is 24.2 Å². The van der Waals surface area contributed by atoms with Crippen molar-refractivity contribution >= 4 is 19.7 Å². The Morgan fingerprint density at radius 1 is 0.564 bits per heavy atom. The SMILES string of the molecule is CCC/C=C\C/C=C\CCCCCCCC(=O)NCCOP(=O)(O)OCC(O)COC(=O)CCCCCCC/C=C\C/C=C\C/C=C\C/C=C\CCCCC. The Morgan fingerprint density at radius 3 is 1.55 bits per heavy atom. The van der Waals surface area contributed by atoms with Gasteiger partial charge in [-0.2, -0.15) is 0 Å². The van der Waals surface area contributed by atoms with Crippen molar-refractivity contribution in [2.24, 2.45) is 0 Å². The van der Waals surface area contributed by atoms with Crippen molar-refractivity contribution in [3.8, 4) is 0 Å². The zero-order valence-electron chi connectivity index (χ0n) is 34.6. The van der Waals surface area contributed by atoms with E-state index >= 15 is 0 Å². The minimum Gasteiger partial charge on any atom is -0.463 e. The number of hydrogen-bond acceptors (Lipinski definition) is 7. The number of carbonyl (C=O) groups is 2. The number of aliphatic hydroxyl groups is 1. The van der Waals surface area contributed by atoms with Crippen molar-refractivity contribution in [3.63, 3.8) is 0 Å². The second-order valence-electron chi connectivity index (χ2n) is 14.0. The molecule has 0 aliphatic heterocycles. The fraction of sp³-hybridized carbons (Fsp3) is 0.689. The molecule has 0 rings (SSSR count). The molecule has 10 heteroatoms. The van der Waals surface area contributed by atoms with Gasteiger partial charge in [0.25, 0.3) is 0 Å². The van der Waals surface area contributed by atoms with Gasteiger partial charge < -0.3 is 20.1 Å². The van der Waals surface area contributed by atoms with Crippen molar-refractivity contribution in [2.75, 3.05) is 26.4 Å². The van der Waals surface area contributed by atoms with Crippen molar-refractivity contribution in [1.82, 2.24) is 5.32 Å². The first-order valence-electron chi connectivity index (χ1n) is 21.4. The average molecular weight is 792 g/mol. The fourth-order valence-electron chi connectivity index (χ4n) is 5.34. The highest BCUT2D eigenvalue weighted by molar-refractivity contribution is 7.47. The molecule has 0 saturated heterocycles. The molecule has 1 amide bonds. The molecule has 55 heavy (non-hydrogen) atoms. The minimum absolute atomic E-state index is 0.0677. The number of unbranched alkanes of at least 4 members (excludes halogenated alkanes) is 14. The number of aliphatic hydroxyl groups excluding tert-OH is 1. The third-order valence-electron chi connectivity index (χ3n) is 8.59. The molecule has 0 aliphatic rings. The van der Waals surface area contributed by atoms with E-state index in [1.165, 1.54) is 32.1 Å². The molecule has 3 N–H and O–H groups in total. The van der Waals surface area contributed by atoms with Gasteiger partial charge in [0.1, 0.15) is 12.7 Å². The van der Waals surface area contributed by atoms with Crippen LogP contribution in [-0.4, -0.2) is 54.3 Å². The fourth-order valence-corrected chi connectivity index (χ4v) is 6.10. The van der Waals surface area contributed by atoms with Gasteiger partial charge in [-0.15, -0.1) is 0 Å². The average Bonchev–Trinajstić information content (AvgIpc) is 3.17. The monoisotopic (exact) mass is 792 g/mol. The second kappa shape index (κ2) is 41.1. The van der Waals surface area contributed by atoms with Gasteiger partial charge in [0, 0.05) is 19.4 Å². The molecule has 0 bridgehead atoms. The van der Waals surface area contributed by atoms with Gasteiger partial charge in [-0.25, -0.2) is 4.57 Å². The first kappa shape index (κ1) is 52.5. The number of phosphoric acid groups is 1. The molecule has 0 aromatic heterocycles. The van der Waals surface area contributed by atoms with Crippen molar-refractivity contribution in [3.05, 3.63) is 72.9 Å². The van der Waals surface area contributed by atoms with E-state index in [4.69, 9.17) is 13.8 Å². The maximum absolute atomic E-state index is 12.1. The zero-order chi connectivity index (χ0) is 40.3. The molecular formula is C45H78NO8P. The molecule has 2 atom stereocenters. The van der Waals surface area contributed by atoms with Crippen LogP contribution in [0.15, 0.2) is 72.9 Å². The number of allylic oxidation sites excluding steroid dienone is 12. The van der Waals surface area contributed by atoms with Gasteiger partial charge in [-0.3, -0.25) is 18.6 Å². The Kier molecular flexibility index (Phi) is 39.2. The molecule has 316 valence electrons. The van der Waals surface area contributed by atoms with Gasteiger partial charge >= 0.3 is 13.8 Å². The molecule has 0 radical (unpaired) electrons. The largest absolute Gasteiger partial charge is 0.472 e. The van der Waals surface area contributed by atoms with Gasteiger partial charge in [0.2, 0.25) is 5.91 Å². The number of esters is 1. The third kappa shape index (κ3) is 42.4. The van der Waals surface area contributed by atoms with E-state index in [1.54, 1.807) is 0 Å². The van der Waals surface area contributed by atoms with Crippen molar-refractivity contribution in [1.29, 1.82) is 0 Å². The van der Waals surface area contributed by atoms with E-state index in [1.807, 2.05) is 0 Å². The van der Waals surface area contributed by atoms with Crippen LogP contribution in [0.4, 0.5) is 0 Å². The van der Waals surface area contributed by atoms with Crippen molar-refractivity contribution in [2.45, 2.75) is 174 Å². The second-order valence-corrected chi connectivity index (χ2v) is 15.4. The molecule has 0 saturated carbocycles. The third-order valence-corrected chi connectivity index (χ3v) is 9.57. The predicted octanol–water partition coefficient (Wildman–Crippen LogP) is 11.9. The highest BCUT2D eigenvalue weighted by atomic mass is 31.2. The van der Waals surface area contributed by atoms with E-state index in [-0.39, 0.29) is 32.1 Å². The number of nitrogens with one attached hydrogen (secondary N) is 1. The lowest BCUT2D eigenvalue weighted by atomic mass is 10.1. The maximum atomic E-state index is 12.1. The summed E-state index contributed by atoms with van der Waals surface area (Å²) >= 11 is 0. The number of rotatable bonds is 39. The number of amides is 1. The van der Waals surface area contributed by atoms with Crippen molar-refractivity contribution < 1.29 is 37.9 Å². The first-order valence-corrected chi connectivity index (χ1v) is 22.9. The number of ether oxygens (including phenoxy) is 1. The molecule has 0 spiro atoms. The lowest BCUT2D eigenvalue weighted by molar-refractivity contribution is -0.147. The summed E-state index contributed by atoms with van der Waals surface area (Å²) in [5.41, 5.74) is 0. The molecule has 0 heterocycles. The lowest BCUT2D eigenvalue weighted by Gasteiger charge is -2.15. The summed E-state index contributed by atoms with van der Waals surface area (Å²) in [6.07, 6.45) is 49.7. The normalized spacial score (nSPS) is 14.0. The molecule has 0 fully saturated rings. The summed E-state index contributed by atoms with van der Waals surface area (Å²) in [7, 11) is -4.43. The topological polar surface area (TPSA) is 131 Å². The summed E-state index contributed by atoms with van der Waals surface area (Å²) in [4.78, 5) is 33.9. The van der Waals surface area contributed by atoms with Gasteiger partial charge in [-0.05, 0) is 83.5 Å². The van der Waals surface area contributed by atoms with Crippen LogP contribution in [0.25, 0.3) is 0 Å². The zero-order valence-corrected chi connectivity index (χ0v) is 35.5. The molecule has 0 aromatic carbocycles. The van der Waals surface area contributed by atoms with Crippen LogP contribution in [0.5, 0.6) is 0 Å². The summed E-state index contributed by atoms with van der Waals surface area (Å²) in [6, 6.07) is 0. The molecular weight excluding hydrogens is 713 g/mol. The molecule has 9 nitrogen and oxygen atoms in total. The quantitative estimate of drug-likeness (QED) is 0.0243. The lowest BCUT2D eigenvalue weighted by Crippen LogP contribution is -2.27. The Hall–Kier alpha value is -2.55. The first-order chi connectivity index (χ1) is 26.8. The van der Waals surface area contributed by atoms with Gasteiger partial charge in [-0.1, -0.05) is 145 Å². The van der Waals surface area contributed by atoms with Crippen LogP contribution < -0.4 is 5.32 Å². The Balaban J connectivity index is 3.68. The highest BCUT2D eigenvalue weighted by Gasteiger charge is 2.23. The van der Waals surface area contributed by atoms with E-state index < -0.39 is 26.5 Å². The highest BCUT2D eigenvalue weighted by Crippen LogP contribution is 2.42. The van der Waals surface area contributed by atoms with Crippen LogP contribution in [-0.2, 0) is 27.9 Å². The van der Waals surface area contributed by atoms with Crippen LogP contribution in [0.1, 0.15) is 168 Å². The maximum Gasteiger partial charge on any atom is 0.472 e. The number of carbonyl (C=O) groups excluding carboxylic acids is 2. The summed E-state index contributed by atoms with van der Waals surface area (Å²) in [5.74, 6) is -0.555. The smallest absolute Gasteiger partial charge is 0.463 e. The molecule has 2 unspecified atom stereocenters. The summed E-state index contributed by atoms with van der Waals surface area (Å²) in [6.45, 7) is 3.40. The Morgan fingerprint density at radius 2 is 1.02 bits per heavy atom. The standard InChI is InChI=1S/C45H78NO8P/c1-3-5-7-9-11-13-15-17-18-19-20-21-22-23-24-26-28-30-32-34-36-38-45(49)52-41-43(47)42-54-55(50,51)53-40-39-46-44(48)37-35-33-31-29-27-25-16-14-12-10-8-6-4-2/h8,10-11,13-14,16-18,20-21,23-24,43,47H,3-7,9,12,15,19,22,25-42H2,1-2H3,(H,46,48)(H,50,51)/b10-8-,13-11-,16-14-,18-17-,21-20-,24-23-. The minimum atomic E-state index is -4.43. The van der Waals surface area contributed by atoms with Crippen LogP contribution in [0, 0.1) is 0 Å². The molecule has 0 aromatic rings. The summed E-state index contributed by atoms with van der Waals surface area (Å²) < 4.78 is 26.8. The van der Waals surface area contributed by atoms with E-state index in [2.05, 4.69) is 92.1 Å². The van der Waals surface area contributed by atoms with E-state index in [0.717, 1.165) is 103 Å². The van der Waals surface area contributed by atoms with Gasteiger partial charge in [0.15, 0.2) is 0 Å². The Bertz CT molecular complexity index is 1130. The van der Waals surface area contributed by atoms with Gasteiger partial charge in [0.05, 0.1) is 13.2 Å². The van der Waals surface area contributed by atoms with Crippen LogP contribution in [0.3, 0.4) is 0 Å². The summed E-state index contributed by atoms with van der Waals surface area (Å²) in [5, 5.41) is 12.7. The van der Waals surface area contributed by atoms with Crippen LogP contribution >= 0.6 is 7.82 Å². The number of hydrogen-bond donors (Lipinski definition) is 3. The van der Waals surface area contributed by atoms with E-state index in [0.29, 0.717) is 12.8 Å². The predicted molar refractivity (Wildman–Crippen MR) is 229 cm³/mol. The number of phosphoric ester groups is 1.